The molecule has 6 rings (SSSR count). The van der Waals surface area contributed by atoms with Gasteiger partial charge in [-0.25, -0.2) is 0 Å². The molecule has 4 aromatic carbocycles. The second-order valence-electron chi connectivity index (χ2n) is 11.5. The van der Waals surface area contributed by atoms with E-state index in [0.717, 1.165) is 67.1 Å². The maximum absolute atomic E-state index is 13.9. The Bertz CT molecular complexity index is 1680. The number of para-hydroxylation sites is 1. The van der Waals surface area contributed by atoms with Crippen molar-refractivity contribution in [3.8, 4) is 5.75 Å². The topological polar surface area (TPSA) is 48.6 Å². The third-order valence-corrected chi connectivity index (χ3v) is 8.68. The Morgan fingerprint density at radius 2 is 1.64 bits per heavy atom. The van der Waals surface area contributed by atoms with Crippen LogP contribution in [0.25, 0.3) is 17.0 Å². The van der Waals surface area contributed by atoms with Crippen LogP contribution in [0.1, 0.15) is 47.1 Å². The van der Waals surface area contributed by atoms with E-state index in [1.54, 1.807) is 0 Å². The van der Waals surface area contributed by atoms with Gasteiger partial charge in [-0.3, -0.25) is 9.69 Å². The van der Waals surface area contributed by atoms with E-state index < -0.39 is 0 Å². The number of benzene rings is 4. The van der Waals surface area contributed by atoms with Gasteiger partial charge in [0, 0.05) is 62.2 Å². The predicted molar refractivity (Wildman–Crippen MR) is 180 cm³/mol. The summed E-state index contributed by atoms with van der Waals surface area (Å²) in [5.74, 6) is 0.927. The molecule has 0 spiro atoms. The molecule has 224 valence electrons. The van der Waals surface area contributed by atoms with Gasteiger partial charge in [-0.05, 0) is 46.4 Å². The summed E-state index contributed by atoms with van der Waals surface area (Å²) in [4.78, 5) is 21.9. The third kappa shape index (κ3) is 7.12. The molecule has 0 aliphatic carbocycles. The summed E-state index contributed by atoms with van der Waals surface area (Å²) >= 11 is 0. The van der Waals surface area contributed by atoms with E-state index in [-0.39, 0.29) is 11.8 Å². The van der Waals surface area contributed by atoms with Crippen molar-refractivity contribution in [2.45, 2.75) is 32.3 Å². The van der Waals surface area contributed by atoms with Gasteiger partial charge in [0.25, 0.3) is 0 Å². The van der Waals surface area contributed by atoms with Crippen molar-refractivity contribution in [1.82, 2.24) is 14.8 Å². The highest BCUT2D eigenvalue weighted by Crippen LogP contribution is 2.36. The number of nitrogens with one attached hydrogen (secondary N) is 1. The zero-order valence-corrected chi connectivity index (χ0v) is 25.5. The van der Waals surface area contributed by atoms with Crippen molar-refractivity contribution in [3.63, 3.8) is 0 Å². The number of aryl methyl sites for hydroxylation is 1. The largest absolute Gasteiger partial charge is 0.489 e. The number of amides is 1. The number of ether oxygens (including phenoxy) is 1. The number of rotatable bonds is 11. The van der Waals surface area contributed by atoms with Gasteiger partial charge in [0.1, 0.15) is 12.4 Å². The molecule has 1 aromatic heterocycles. The van der Waals surface area contributed by atoms with Gasteiger partial charge in [-0.15, -0.1) is 0 Å². The molecule has 1 atom stereocenters. The number of hydrogen-bond donors (Lipinski definition) is 1. The smallest absolute Gasteiger partial charge is 0.223 e. The van der Waals surface area contributed by atoms with Crippen LogP contribution in [0.2, 0.25) is 0 Å². The van der Waals surface area contributed by atoms with E-state index >= 15 is 0 Å². The van der Waals surface area contributed by atoms with Gasteiger partial charge < -0.3 is 14.6 Å². The van der Waals surface area contributed by atoms with Crippen LogP contribution in [0.4, 0.5) is 0 Å². The SMILES string of the molecule is CCc1cccc2c(C(CC(=O)N3CCN(C/C=C/c4ccccc4)CC3)c3cccc(OCc4ccccc4)c3)c[nH]c12. The Hall–Kier alpha value is -4.61. The number of hydrogen-bond acceptors (Lipinski definition) is 3. The summed E-state index contributed by atoms with van der Waals surface area (Å²) < 4.78 is 6.20. The summed E-state index contributed by atoms with van der Waals surface area (Å²) in [6.45, 7) is 6.84. The average molecular weight is 584 g/mol. The molecule has 5 nitrogen and oxygen atoms in total. The first kappa shape index (κ1) is 29.5. The lowest BCUT2D eigenvalue weighted by molar-refractivity contribution is -0.133. The molecular formula is C39H41N3O2. The van der Waals surface area contributed by atoms with Gasteiger partial charge in [0.15, 0.2) is 0 Å². The van der Waals surface area contributed by atoms with Crippen LogP contribution in [0.3, 0.4) is 0 Å². The van der Waals surface area contributed by atoms with E-state index in [1.165, 1.54) is 16.5 Å². The normalized spacial score (nSPS) is 14.7. The van der Waals surface area contributed by atoms with E-state index in [2.05, 4.69) is 102 Å². The van der Waals surface area contributed by atoms with Gasteiger partial charge in [-0.2, -0.15) is 0 Å². The molecule has 1 amide bonds. The van der Waals surface area contributed by atoms with E-state index in [9.17, 15) is 4.79 Å². The average Bonchev–Trinajstić information content (AvgIpc) is 3.52. The standard InChI is InChI=1S/C39H41N3O2/c1-2-32-17-10-20-35-37(28-40-39(32)35)36(33-18-9-19-34(26-33)44-29-31-14-7-4-8-15-31)27-38(43)42-24-22-41(23-25-42)21-11-16-30-12-5-3-6-13-30/h3-20,26,28,36,40H,2,21-25,27,29H2,1H3/b16-11+. The first-order valence-electron chi connectivity index (χ1n) is 15.7. The number of aromatic amines is 1. The van der Waals surface area contributed by atoms with Gasteiger partial charge in [0.05, 0.1) is 0 Å². The lowest BCUT2D eigenvalue weighted by atomic mass is 9.87. The predicted octanol–water partition coefficient (Wildman–Crippen LogP) is 7.69. The van der Waals surface area contributed by atoms with Crippen LogP contribution in [0.15, 0.2) is 115 Å². The van der Waals surface area contributed by atoms with E-state index in [4.69, 9.17) is 4.74 Å². The van der Waals surface area contributed by atoms with Gasteiger partial charge >= 0.3 is 0 Å². The minimum Gasteiger partial charge on any atom is -0.489 e. The second-order valence-corrected chi connectivity index (χ2v) is 11.5. The first-order valence-corrected chi connectivity index (χ1v) is 15.7. The molecule has 1 saturated heterocycles. The summed E-state index contributed by atoms with van der Waals surface area (Å²) in [6.07, 6.45) is 7.87. The van der Waals surface area contributed by atoms with Crippen LogP contribution in [-0.4, -0.2) is 53.4 Å². The number of aromatic nitrogens is 1. The van der Waals surface area contributed by atoms with Crippen molar-refractivity contribution >= 4 is 22.9 Å². The number of carbonyl (C=O) groups excluding carboxylic acids is 1. The number of piperazine rings is 1. The van der Waals surface area contributed by atoms with Crippen molar-refractivity contribution in [2.75, 3.05) is 32.7 Å². The Morgan fingerprint density at radius 3 is 2.41 bits per heavy atom. The first-order chi connectivity index (χ1) is 21.7. The summed E-state index contributed by atoms with van der Waals surface area (Å²) in [5, 5.41) is 1.19. The highest BCUT2D eigenvalue weighted by molar-refractivity contribution is 5.88. The number of carbonyl (C=O) groups is 1. The zero-order chi connectivity index (χ0) is 30.1. The Labute approximate surface area is 260 Å². The highest BCUT2D eigenvalue weighted by atomic mass is 16.5. The number of H-pyrrole nitrogens is 1. The molecule has 0 bridgehead atoms. The molecule has 1 fully saturated rings. The Balaban J connectivity index is 1.18. The van der Waals surface area contributed by atoms with Crippen molar-refractivity contribution in [3.05, 3.63) is 143 Å². The van der Waals surface area contributed by atoms with Crippen molar-refractivity contribution < 1.29 is 9.53 Å². The van der Waals surface area contributed by atoms with Gasteiger partial charge in [-0.1, -0.05) is 110 Å². The van der Waals surface area contributed by atoms with Crippen LogP contribution >= 0.6 is 0 Å². The molecule has 2 heterocycles. The van der Waals surface area contributed by atoms with E-state index in [0.29, 0.717) is 13.0 Å². The van der Waals surface area contributed by atoms with Crippen LogP contribution < -0.4 is 4.74 Å². The monoisotopic (exact) mass is 583 g/mol. The maximum atomic E-state index is 13.9. The molecule has 1 unspecified atom stereocenters. The molecule has 5 aromatic rings. The van der Waals surface area contributed by atoms with Crippen LogP contribution in [-0.2, 0) is 17.8 Å². The fraction of sp³-hybridized carbons (Fsp3) is 0.256. The Morgan fingerprint density at radius 1 is 0.886 bits per heavy atom. The fourth-order valence-corrected chi connectivity index (χ4v) is 6.18. The summed E-state index contributed by atoms with van der Waals surface area (Å²) in [7, 11) is 0. The molecular weight excluding hydrogens is 542 g/mol. The second kappa shape index (κ2) is 14.2. The quantitative estimate of drug-likeness (QED) is 0.173. The Kier molecular flexibility index (Phi) is 9.54. The minimum absolute atomic E-state index is 0.0875. The highest BCUT2D eigenvalue weighted by Gasteiger charge is 2.27. The summed E-state index contributed by atoms with van der Waals surface area (Å²) in [5.41, 5.74) is 7.05. The minimum atomic E-state index is -0.0875. The van der Waals surface area contributed by atoms with Crippen LogP contribution in [0.5, 0.6) is 5.75 Å². The lowest BCUT2D eigenvalue weighted by Gasteiger charge is -2.35. The van der Waals surface area contributed by atoms with E-state index in [1.807, 2.05) is 41.3 Å². The zero-order valence-electron chi connectivity index (χ0n) is 25.5. The van der Waals surface area contributed by atoms with Crippen molar-refractivity contribution in [1.29, 1.82) is 0 Å². The molecule has 1 aliphatic heterocycles. The summed E-state index contributed by atoms with van der Waals surface area (Å²) in [6, 6.07) is 35.4. The molecule has 0 saturated carbocycles. The fourth-order valence-electron chi connectivity index (χ4n) is 6.18. The van der Waals surface area contributed by atoms with Crippen LogP contribution in [0, 0.1) is 0 Å². The molecule has 44 heavy (non-hydrogen) atoms. The third-order valence-electron chi connectivity index (χ3n) is 8.68. The van der Waals surface area contributed by atoms with Crippen molar-refractivity contribution in [2.24, 2.45) is 0 Å². The molecule has 1 aliphatic rings. The maximum Gasteiger partial charge on any atom is 0.223 e. The number of nitrogens with zero attached hydrogens (tertiary/aromatic N) is 2. The molecule has 5 heteroatoms. The molecule has 0 radical (unpaired) electrons. The van der Waals surface area contributed by atoms with Gasteiger partial charge in [0.2, 0.25) is 5.91 Å². The molecule has 1 N–H and O–H groups in total. The number of fused-ring (bicyclic) bond motifs is 1. The lowest BCUT2D eigenvalue weighted by Crippen LogP contribution is -2.48.